The minimum absolute atomic E-state index is 0.148. The van der Waals surface area contributed by atoms with E-state index >= 15 is 0 Å². The number of nitrogens with zero attached hydrogens (tertiary/aromatic N) is 3. The van der Waals surface area contributed by atoms with Gasteiger partial charge in [0.15, 0.2) is 0 Å². The van der Waals surface area contributed by atoms with Crippen LogP contribution >= 0.6 is 0 Å². The molecule has 7 heteroatoms. The number of amides is 1. The van der Waals surface area contributed by atoms with E-state index in [1.165, 1.54) is 5.56 Å². The van der Waals surface area contributed by atoms with Gasteiger partial charge < -0.3 is 18.9 Å². The summed E-state index contributed by atoms with van der Waals surface area (Å²) in [5.41, 5.74) is 2.14. The summed E-state index contributed by atoms with van der Waals surface area (Å²) in [5.74, 6) is 1.54. The van der Waals surface area contributed by atoms with Gasteiger partial charge in [0.1, 0.15) is 11.9 Å². The van der Waals surface area contributed by atoms with Crippen LogP contribution in [-0.2, 0) is 20.8 Å². The third-order valence-electron chi connectivity index (χ3n) is 5.80. The molecule has 0 aliphatic carbocycles. The molecule has 3 saturated heterocycles. The van der Waals surface area contributed by atoms with E-state index in [4.69, 9.17) is 14.0 Å². The Morgan fingerprint density at radius 3 is 2.76 bits per heavy atom. The molecule has 0 spiro atoms. The van der Waals surface area contributed by atoms with Gasteiger partial charge in [-0.05, 0) is 39.2 Å². The molecule has 1 aromatic heterocycles. The van der Waals surface area contributed by atoms with Crippen LogP contribution in [0, 0.1) is 19.8 Å². The lowest BCUT2D eigenvalue weighted by Crippen LogP contribution is -2.46. The Bertz CT molecular complexity index is 606. The van der Waals surface area contributed by atoms with Crippen LogP contribution in [0.5, 0.6) is 0 Å². The molecule has 0 N–H and O–H groups in total. The smallest absolute Gasteiger partial charge is 0.251 e. The minimum Gasteiger partial charge on any atom is -0.378 e. The Hall–Kier alpha value is -1.44. The summed E-state index contributed by atoms with van der Waals surface area (Å²) in [5, 5.41) is 4.04. The lowest BCUT2D eigenvalue weighted by molar-refractivity contribution is -0.147. The first-order valence-corrected chi connectivity index (χ1v) is 9.28. The summed E-state index contributed by atoms with van der Waals surface area (Å²) in [6, 6.07) is 0. The summed E-state index contributed by atoms with van der Waals surface area (Å²) in [7, 11) is 0. The molecule has 0 aromatic carbocycles. The topological polar surface area (TPSA) is 68.0 Å². The second-order valence-corrected chi connectivity index (χ2v) is 7.42. The normalized spacial score (nSPS) is 30.5. The van der Waals surface area contributed by atoms with Gasteiger partial charge >= 0.3 is 0 Å². The number of aryl methyl sites for hydroxylation is 2. The third kappa shape index (κ3) is 3.45. The van der Waals surface area contributed by atoms with Crippen molar-refractivity contribution in [1.82, 2.24) is 15.0 Å². The number of fused-ring (bicyclic) bond motifs is 1. The molecule has 0 radical (unpaired) electrons. The molecule has 0 bridgehead atoms. The Labute approximate surface area is 148 Å². The average Bonchev–Trinajstić information content (AvgIpc) is 3.20. The number of morpholine rings is 1. The van der Waals surface area contributed by atoms with Crippen molar-refractivity contribution in [1.29, 1.82) is 0 Å². The predicted octanol–water partition coefficient (Wildman–Crippen LogP) is 1.13. The highest BCUT2D eigenvalue weighted by Crippen LogP contribution is 2.34. The number of likely N-dealkylation sites (tertiary alicyclic amines) is 1. The Morgan fingerprint density at radius 1 is 1.24 bits per heavy atom. The number of rotatable bonds is 3. The summed E-state index contributed by atoms with van der Waals surface area (Å²) >= 11 is 0. The van der Waals surface area contributed by atoms with Crippen LogP contribution in [0.1, 0.15) is 29.9 Å². The molecular weight excluding hydrogens is 322 g/mol. The van der Waals surface area contributed by atoms with E-state index < -0.39 is 0 Å². The number of piperidine rings is 1. The van der Waals surface area contributed by atoms with E-state index in [2.05, 4.69) is 10.1 Å². The summed E-state index contributed by atoms with van der Waals surface area (Å²) in [6.45, 7) is 9.35. The summed E-state index contributed by atoms with van der Waals surface area (Å²) in [4.78, 5) is 17.0. The summed E-state index contributed by atoms with van der Waals surface area (Å²) < 4.78 is 16.8. The van der Waals surface area contributed by atoms with Crippen LogP contribution in [0.4, 0.5) is 0 Å². The van der Waals surface area contributed by atoms with Crippen molar-refractivity contribution in [2.45, 2.75) is 45.4 Å². The van der Waals surface area contributed by atoms with Crippen LogP contribution in [-0.4, -0.2) is 72.5 Å². The van der Waals surface area contributed by atoms with Gasteiger partial charge in [0.05, 0.1) is 25.0 Å². The van der Waals surface area contributed by atoms with Gasteiger partial charge in [-0.1, -0.05) is 5.16 Å². The fraction of sp³-hybridized carbons (Fsp3) is 0.778. The van der Waals surface area contributed by atoms with Crippen molar-refractivity contribution in [3.63, 3.8) is 0 Å². The fourth-order valence-electron chi connectivity index (χ4n) is 4.24. The quantitative estimate of drug-likeness (QED) is 0.815. The highest BCUT2D eigenvalue weighted by atomic mass is 16.5. The van der Waals surface area contributed by atoms with Gasteiger partial charge in [-0.15, -0.1) is 0 Å². The van der Waals surface area contributed by atoms with Gasteiger partial charge in [-0.2, -0.15) is 0 Å². The molecule has 3 atom stereocenters. The largest absolute Gasteiger partial charge is 0.378 e. The van der Waals surface area contributed by atoms with Gasteiger partial charge in [-0.3, -0.25) is 9.69 Å². The van der Waals surface area contributed by atoms with Crippen molar-refractivity contribution in [3.05, 3.63) is 17.0 Å². The molecule has 4 heterocycles. The zero-order chi connectivity index (χ0) is 17.4. The van der Waals surface area contributed by atoms with Crippen LogP contribution < -0.4 is 0 Å². The van der Waals surface area contributed by atoms with Gasteiger partial charge in [-0.25, -0.2) is 0 Å². The first-order chi connectivity index (χ1) is 12.1. The molecule has 3 aliphatic rings. The van der Waals surface area contributed by atoms with Crippen molar-refractivity contribution in [3.8, 4) is 0 Å². The molecule has 3 aliphatic heterocycles. The maximum atomic E-state index is 12.7. The number of hydrogen-bond donors (Lipinski definition) is 0. The second-order valence-electron chi connectivity index (χ2n) is 7.42. The Morgan fingerprint density at radius 2 is 2.04 bits per heavy atom. The zero-order valence-electron chi connectivity index (χ0n) is 15.1. The third-order valence-corrected chi connectivity index (χ3v) is 5.80. The monoisotopic (exact) mass is 349 g/mol. The lowest BCUT2D eigenvalue weighted by atomic mass is 9.91. The van der Waals surface area contributed by atoms with Gasteiger partial charge in [0.2, 0.25) is 0 Å². The van der Waals surface area contributed by atoms with E-state index in [9.17, 15) is 4.79 Å². The van der Waals surface area contributed by atoms with Crippen molar-refractivity contribution in [2.24, 2.45) is 5.92 Å². The van der Waals surface area contributed by atoms with Gasteiger partial charge in [0, 0.05) is 31.7 Å². The lowest BCUT2D eigenvalue weighted by Gasteiger charge is -2.34. The van der Waals surface area contributed by atoms with Gasteiger partial charge in [0.25, 0.3) is 5.91 Å². The number of hydrogen-bond acceptors (Lipinski definition) is 6. The number of carbonyl (C=O) groups is 1. The maximum absolute atomic E-state index is 12.7. The highest BCUT2D eigenvalue weighted by molar-refractivity contribution is 5.81. The Balaban J connectivity index is 1.35. The van der Waals surface area contributed by atoms with Crippen LogP contribution in [0.25, 0.3) is 0 Å². The van der Waals surface area contributed by atoms with Crippen LogP contribution in [0.15, 0.2) is 4.52 Å². The molecule has 4 rings (SSSR count). The molecule has 3 fully saturated rings. The number of ether oxygens (including phenoxy) is 2. The summed E-state index contributed by atoms with van der Waals surface area (Å²) in [6.07, 6.45) is 1.83. The van der Waals surface area contributed by atoms with Crippen molar-refractivity contribution < 1.29 is 18.8 Å². The second kappa shape index (κ2) is 7.05. The molecule has 0 saturated carbocycles. The SMILES string of the molecule is Cc1noc(C)c1CN1CC[C@H]2C[C@@H](C(=O)N3CCOCC3)O[C@H]2C1. The van der Waals surface area contributed by atoms with E-state index in [0.717, 1.165) is 43.9 Å². The standard InChI is InChI=1S/C18H27N3O4/c1-12-15(13(2)25-19-12)10-20-4-3-14-9-16(24-17(14)11-20)18(22)21-5-7-23-8-6-21/h14,16-17H,3-11H2,1-2H3/t14-,16-,17-/m0/s1. The molecule has 138 valence electrons. The first kappa shape index (κ1) is 17.0. The molecule has 25 heavy (non-hydrogen) atoms. The minimum atomic E-state index is -0.271. The number of aromatic nitrogens is 1. The average molecular weight is 349 g/mol. The van der Waals surface area contributed by atoms with Crippen molar-refractivity contribution in [2.75, 3.05) is 39.4 Å². The molecule has 0 unspecified atom stereocenters. The van der Waals surface area contributed by atoms with Crippen LogP contribution in [0.3, 0.4) is 0 Å². The van der Waals surface area contributed by atoms with E-state index in [-0.39, 0.29) is 18.1 Å². The van der Waals surface area contributed by atoms with E-state index in [1.54, 1.807) is 0 Å². The molecular formula is C18H27N3O4. The number of carbonyl (C=O) groups excluding carboxylic acids is 1. The predicted molar refractivity (Wildman–Crippen MR) is 90.0 cm³/mol. The van der Waals surface area contributed by atoms with E-state index in [0.29, 0.717) is 32.2 Å². The first-order valence-electron chi connectivity index (χ1n) is 9.28. The fourth-order valence-corrected chi connectivity index (χ4v) is 4.24. The van der Waals surface area contributed by atoms with Crippen molar-refractivity contribution >= 4 is 5.91 Å². The highest BCUT2D eigenvalue weighted by Gasteiger charge is 2.43. The zero-order valence-corrected chi connectivity index (χ0v) is 15.1. The molecule has 1 amide bonds. The molecule has 1 aromatic rings. The maximum Gasteiger partial charge on any atom is 0.251 e. The Kier molecular flexibility index (Phi) is 4.80. The molecule has 7 nitrogen and oxygen atoms in total. The van der Waals surface area contributed by atoms with Crippen LogP contribution in [0.2, 0.25) is 0 Å². The van der Waals surface area contributed by atoms with E-state index in [1.807, 2.05) is 18.7 Å².